The molecule has 3 heteroatoms. The fraction of sp³-hybridized carbons (Fsp3) is 0.800. The van der Waals surface area contributed by atoms with Gasteiger partial charge in [-0.3, -0.25) is 4.79 Å². The third-order valence-electron chi connectivity index (χ3n) is 1.32. The molecule has 0 aromatic carbocycles. The quantitative estimate of drug-likeness (QED) is 0.451. The summed E-state index contributed by atoms with van der Waals surface area (Å²) in [6, 6.07) is -0.435. The summed E-state index contributed by atoms with van der Waals surface area (Å²) >= 11 is 0. The van der Waals surface area contributed by atoms with Gasteiger partial charge >= 0.3 is 0 Å². The number of aliphatic hydroxyl groups is 1. The van der Waals surface area contributed by atoms with Gasteiger partial charge in [-0.25, -0.2) is 0 Å². The Morgan fingerprint density at radius 2 is 2.50 bits per heavy atom. The second kappa shape index (κ2) is 2.24. The molecule has 0 amide bonds. The average molecular weight is 114 g/mol. The second-order valence-electron chi connectivity index (χ2n) is 1.91. The molecule has 3 nitrogen and oxygen atoms in total. The zero-order valence-corrected chi connectivity index (χ0v) is 4.42. The van der Waals surface area contributed by atoms with Crippen LogP contribution >= 0.6 is 0 Å². The van der Waals surface area contributed by atoms with Crippen LogP contribution in [0.25, 0.3) is 0 Å². The van der Waals surface area contributed by atoms with Gasteiger partial charge in [0.25, 0.3) is 0 Å². The van der Waals surface area contributed by atoms with Crippen LogP contribution in [0.5, 0.6) is 0 Å². The molecule has 2 N–H and O–H groups in total. The maximum atomic E-state index is 9.87. The summed E-state index contributed by atoms with van der Waals surface area (Å²) in [5, 5.41) is 11.6. The van der Waals surface area contributed by atoms with E-state index in [-0.39, 0.29) is 0 Å². The Labute approximate surface area is 47.7 Å². The Hall–Kier alpha value is -0.410. The highest BCUT2D eigenvalue weighted by Crippen LogP contribution is 2.02. The molecule has 45 valence electrons. The first kappa shape index (κ1) is 5.72. The maximum absolute atomic E-state index is 9.87. The van der Waals surface area contributed by atoms with Crippen LogP contribution in [-0.4, -0.2) is 30.1 Å². The van der Waals surface area contributed by atoms with Crippen molar-refractivity contribution < 1.29 is 9.90 Å². The van der Waals surface area contributed by atoms with E-state index in [9.17, 15) is 4.79 Å². The van der Waals surface area contributed by atoms with Gasteiger partial charge in [0.1, 0.15) is 6.04 Å². The summed E-state index contributed by atoms with van der Waals surface area (Å²) in [5.41, 5.74) is 0. The first-order valence-electron chi connectivity index (χ1n) is 2.63. The van der Waals surface area contributed by atoms with E-state index in [2.05, 4.69) is 5.32 Å². The van der Waals surface area contributed by atoms with Gasteiger partial charge in [0, 0.05) is 0 Å². The Morgan fingerprint density at radius 1 is 1.75 bits per heavy atom. The van der Waals surface area contributed by atoms with E-state index in [4.69, 9.17) is 5.11 Å². The lowest BCUT2D eigenvalue weighted by molar-refractivity contribution is 0.179. The molecule has 0 aromatic heterocycles. The number of aliphatic hydroxyl groups excluding tert-OH is 1. The van der Waals surface area contributed by atoms with E-state index in [1.54, 1.807) is 6.29 Å². The summed E-state index contributed by atoms with van der Waals surface area (Å²) in [7, 11) is 0. The van der Waals surface area contributed by atoms with Crippen molar-refractivity contribution in [2.45, 2.75) is 18.6 Å². The van der Waals surface area contributed by atoms with Gasteiger partial charge in [-0.15, -0.1) is 0 Å². The van der Waals surface area contributed by atoms with E-state index in [0.717, 1.165) is 6.54 Å². The standard InChI is InChI=1S/C5H8NO2/c7-3-4-5(8)1-2-6-4/h4-6,8H,1-2H2. The number of carbonyl (C=O) groups excluding carboxylic acids is 1. The highest BCUT2D eigenvalue weighted by Gasteiger charge is 2.23. The number of hydrogen-bond acceptors (Lipinski definition) is 3. The Morgan fingerprint density at radius 3 is 2.75 bits per heavy atom. The van der Waals surface area contributed by atoms with Crippen LogP contribution in [0.15, 0.2) is 0 Å². The molecule has 1 saturated heterocycles. The number of hydrogen-bond donors (Lipinski definition) is 2. The van der Waals surface area contributed by atoms with Crippen LogP contribution in [0.3, 0.4) is 0 Å². The zero-order valence-electron chi connectivity index (χ0n) is 4.42. The number of nitrogens with one attached hydrogen (secondary N) is 1. The van der Waals surface area contributed by atoms with E-state index in [0.29, 0.717) is 6.42 Å². The zero-order chi connectivity index (χ0) is 5.98. The number of rotatable bonds is 1. The lowest BCUT2D eigenvalue weighted by atomic mass is 10.2. The predicted octanol–water partition coefficient (Wildman–Crippen LogP) is -1.18. The third kappa shape index (κ3) is 0.877. The van der Waals surface area contributed by atoms with E-state index >= 15 is 0 Å². The van der Waals surface area contributed by atoms with Gasteiger partial charge in [-0.05, 0) is 13.0 Å². The van der Waals surface area contributed by atoms with Crippen molar-refractivity contribution in [3.8, 4) is 0 Å². The van der Waals surface area contributed by atoms with Gasteiger partial charge in [0.2, 0.25) is 6.29 Å². The molecule has 0 aromatic rings. The molecule has 1 heterocycles. The lowest BCUT2D eigenvalue weighted by Gasteiger charge is -2.02. The molecule has 0 bridgehead atoms. The second-order valence-corrected chi connectivity index (χ2v) is 1.91. The van der Waals surface area contributed by atoms with Crippen LogP contribution in [0, 0.1) is 0 Å². The van der Waals surface area contributed by atoms with Crippen LogP contribution in [0.4, 0.5) is 0 Å². The smallest absolute Gasteiger partial charge is 0.219 e. The van der Waals surface area contributed by atoms with Crippen molar-refractivity contribution in [1.29, 1.82) is 0 Å². The van der Waals surface area contributed by atoms with Gasteiger partial charge in [0.05, 0.1) is 6.10 Å². The summed E-state index contributed by atoms with van der Waals surface area (Å²) in [5.74, 6) is 0. The Bertz CT molecular complexity index is 94.4. The summed E-state index contributed by atoms with van der Waals surface area (Å²) in [4.78, 5) is 9.87. The minimum absolute atomic E-state index is 0.435. The van der Waals surface area contributed by atoms with Gasteiger partial charge in [-0.2, -0.15) is 0 Å². The molecule has 8 heavy (non-hydrogen) atoms. The molecular formula is C5H8NO2. The maximum Gasteiger partial charge on any atom is 0.219 e. The molecule has 1 aliphatic rings. The minimum atomic E-state index is -0.507. The minimum Gasteiger partial charge on any atom is -0.391 e. The normalized spacial score (nSPS) is 37.6. The molecule has 0 saturated carbocycles. The Kier molecular flexibility index (Phi) is 1.60. The summed E-state index contributed by atoms with van der Waals surface area (Å²) in [6.45, 7) is 0.723. The van der Waals surface area contributed by atoms with Gasteiger partial charge in [0.15, 0.2) is 0 Å². The van der Waals surface area contributed by atoms with E-state index < -0.39 is 12.1 Å². The first-order valence-corrected chi connectivity index (χ1v) is 2.63. The molecule has 2 unspecified atom stereocenters. The average Bonchev–Trinajstić information content (AvgIpc) is 2.14. The van der Waals surface area contributed by atoms with Crippen LogP contribution in [0.1, 0.15) is 6.42 Å². The molecule has 1 fully saturated rings. The molecule has 1 rings (SSSR count). The SMILES string of the molecule is O=[C]C1NCCC1O. The first-order chi connectivity index (χ1) is 3.84. The fourth-order valence-electron chi connectivity index (χ4n) is 0.810. The molecular weight excluding hydrogens is 106 g/mol. The van der Waals surface area contributed by atoms with Gasteiger partial charge in [-0.1, -0.05) is 0 Å². The van der Waals surface area contributed by atoms with Crippen molar-refractivity contribution in [3.63, 3.8) is 0 Å². The predicted molar refractivity (Wildman–Crippen MR) is 28.1 cm³/mol. The fourth-order valence-corrected chi connectivity index (χ4v) is 0.810. The van der Waals surface area contributed by atoms with Crippen molar-refractivity contribution in [2.75, 3.05) is 6.54 Å². The monoisotopic (exact) mass is 114 g/mol. The van der Waals surface area contributed by atoms with Crippen LogP contribution in [-0.2, 0) is 4.79 Å². The lowest BCUT2D eigenvalue weighted by Crippen LogP contribution is -2.31. The van der Waals surface area contributed by atoms with Crippen LogP contribution < -0.4 is 5.32 Å². The summed E-state index contributed by atoms with van der Waals surface area (Å²) in [6.07, 6.45) is 1.86. The van der Waals surface area contributed by atoms with E-state index in [1.165, 1.54) is 0 Å². The van der Waals surface area contributed by atoms with E-state index in [1.807, 2.05) is 0 Å². The summed E-state index contributed by atoms with van der Waals surface area (Å²) < 4.78 is 0. The molecule has 1 aliphatic heterocycles. The molecule has 2 atom stereocenters. The van der Waals surface area contributed by atoms with Crippen molar-refractivity contribution in [2.24, 2.45) is 0 Å². The van der Waals surface area contributed by atoms with Crippen molar-refractivity contribution in [1.82, 2.24) is 5.32 Å². The highest BCUT2D eigenvalue weighted by molar-refractivity contribution is 5.60. The Balaban J connectivity index is 2.41. The largest absolute Gasteiger partial charge is 0.391 e. The molecule has 0 spiro atoms. The van der Waals surface area contributed by atoms with Gasteiger partial charge < -0.3 is 10.4 Å². The molecule has 0 aliphatic carbocycles. The molecule has 1 radical (unpaired) electrons. The van der Waals surface area contributed by atoms with Crippen LogP contribution in [0.2, 0.25) is 0 Å². The van der Waals surface area contributed by atoms with Crippen molar-refractivity contribution >= 4 is 6.29 Å². The van der Waals surface area contributed by atoms with Crippen molar-refractivity contribution in [3.05, 3.63) is 0 Å². The third-order valence-corrected chi connectivity index (χ3v) is 1.32. The highest BCUT2D eigenvalue weighted by atomic mass is 16.3. The topological polar surface area (TPSA) is 49.3 Å².